The number of carbonyl (C=O) groups is 1. The van der Waals surface area contributed by atoms with E-state index in [0.717, 1.165) is 23.5 Å². The number of nitrogens with one attached hydrogen (secondary N) is 1. The van der Waals surface area contributed by atoms with Crippen LogP contribution in [0.1, 0.15) is 35.1 Å². The van der Waals surface area contributed by atoms with Crippen molar-refractivity contribution in [3.8, 4) is 0 Å². The minimum atomic E-state index is -3.63. The molecule has 0 unspecified atom stereocenters. The van der Waals surface area contributed by atoms with Gasteiger partial charge in [0.05, 0.1) is 4.90 Å². The zero-order valence-electron chi connectivity index (χ0n) is 20.6. The summed E-state index contributed by atoms with van der Waals surface area (Å²) in [5.41, 5.74) is 4.99. The van der Waals surface area contributed by atoms with Crippen LogP contribution in [0.5, 0.6) is 0 Å². The fraction of sp³-hybridized carbons (Fsp3) is 0.346. The second-order valence-corrected chi connectivity index (χ2v) is 10.9. The van der Waals surface area contributed by atoms with Gasteiger partial charge in [0.25, 0.3) is 0 Å². The molecular formula is C26H31N5O3S. The van der Waals surface area contributed by atoms with E-state index in [-0.39, 0.29) is 10.8 Å². The van der Waals surface area contributed by atoms with Crippen LogP contribution in [0.4, 0.5) is 11.5 Å². The molecule has 4 rings (SSSR count). The van der Waals surface area contributed by atoms with Crippen molar-refractivity contribution >= 4 is 27.4 Å². The molecule has 8 nitrogen and oxygen atoms in total. The molecule has 1 aliphatic rings. The summed E-state index contributed by atoms with van der Waals surface area (Å²) in [6.45, 7) is 9.19. The highest BCUT2D eigenvalue weighted by molar-refractivity contribution is 7.89. The summed E-state index contributed by atoms with van der Waals surface area (Å²) in [5, 5.41) is 2.66. The first-order valence-electron chi connectivity index (χ1n) is 11.7. The fourth-order valence-electron chi connectivity index (χ4n) is 4.30. The Balaban J connectivity index is 1.51. The van der Waals surface area contributed by atoms with E-state index in [9.17, 15) is 13.2 Å². The Hall–Kier alpha value is -3.30. The second kappa shape index (κ2) is 10.1. The second-order valence-electron chi connectivity index (χ2n) is 8.92. The van der Waals surface area contributed by atoms with Crippen molar-refractivity contribution in [2.75, 3.05) is 36.4 Å². The molecule has 1 aliphatic heterocycles. The minimum Gasteiger partial charge on any atom is -0.354 e. The summed E-state index contributed by atoms with van der Waals surface area (Å²) >= 11 is 0. The molecule has 2 heterocycles. The molecular weight excluding hydrogens is 462 g/mol. The molecule has 3 aromatic rings. The van der Waals surface area contributed by atoms with Crippen molar-refractivity contribution in [2.24, 2.45) is 0 Å². The SMILES string of the molecule is CC(=O)Nc1ccc(S(=O)(=O)N2CCN(c3nc(C)nc(C)c3Cc3ccc(C)cc3)CC2)cc1. The summed E-state index contributed by atoms with van der Waals surface area (Å²) in [7, 11) is -3.63. The van der Waals surface area contributed by atoms with E-state index >= 15 is 0 Å². The van der Waals surface area contributed by atoms with Gasteiger partial charge in [0, 0.05) is 56.5 Å². The first kappa shape index (κ1) is 24.8. The van der Waals surface area contributed by atoms with Gasteiger partial charge in [-0.05, 0) is 50.6 Å². The van der Waals surface area contributed by atoms with Crippen LogP contribution >= 0.6 is 0 Å². The lowest BCUT2D eigenvalue weighted by molar-refractivity contribution is -0.114. The van der Waals surface area contributed by atoms with Gasteiger partial charge >= 0.3 is 0 Å². The summed E-state index contributed by atoms with van der Waals surface area (Å²) in [6, 6.07) is 14.7. The number of carbonyl (C=O) groups excluding carboxylic acids is 1. The van der Waals surface area contributed by atoms with E-state index in [1.807, 2.05) is 13.8 Å². The summed E-state index contributed by atoms with van der Waals surface area (Å²) < 4.78 is 27.9. The number of nitrogens with zero attached hydrogens (tertiary/aromatic N) is 4. The zero-order chi connectivity index (χ0) is 25.2. The Bertz CT molecular complexity index is 1310. The molecule has 0 aliphatic carbocycles. The highest BCUT2D eigenvalue weighted by atomic mass is 32.2. The van der Waals surface area contributed by atoms with Gasteiger partial charge in [0.2, 0.25) is 15.9 Å². The van der Waals surface area contributed by atoms with Gasteiger partial charge in [0.1, 0.15) is 11.6 Å². The van der Waals surface area contributed by atoms with Crippen LogP contribution in [-0.4, -0.2) is 54.8 Å². The van der Waals surface area contributed by atoms with Crippen molar-refractivity contribution < 1.29 is 13.2 Å². The minimum absolute atomic E-state index is 0.200. The van der Waals surface area contributed by atoms with E-state index in [1.165, 1.54) is 34.5 Å². The van der Waals surface area contributed by atoms with Gasteiger partial charge in [-0.3, -0.25) is 4.79 Å². The van der Waals surface area contributed by atoms with Gasteiger partial charge in [-0.25, -0.2) is 18.4 Å². The molecule has 2 aromatic carbocycles. The van der Waals surface area contributed by atoms with E-state index in [1.54, 1.807) is 12.1 Å². The molecule has 1 amide bonds. The van der Waals surface area contributed by atoms with Gasteiger partial charge in [-0.15, -0.1) is 0 Å². The van der Waals surface area contributed by atoms with Crippen molar-refractivity contribution in [3.63, 3.8) is 0 Å². The summed E-state index contributed by atoms with van der Waals surface area (Å²) in [6.07, 6.45) is 0.723. The maximum absolute atomic E-state index is 13.2. The Morgan fingerprint density at radius 2 is 1.54 bits per heavy atom. The largest absolute Gasteiger partial charge is 0.354 e. The normalized spacial score (nSPS) is 14.7. The molecule has 35 heavy (non-hydrogen) atoms. The number of rotatable bonds is 6. The average Bonchev–Trinajstić information content (AvgIpc) is 2.82. The number of hydrogen-bond donors (Lipinski definition) is 1. The van der Waals surface area contributed by atoms with Crippen LogP contribution < -0.4 is 10.2 Å². The Morgan fingerprint density at radius 3 is 2.14 bits per heavy atom. The zero-order valence-corrected chi connectivity index (χ0v) is 21.4. The third-order valence-corrected chi connectivity index (χ3v) is 8.07. The van der Waals surface area contributed by atoms with E-state index < -0.39 is 10.0 Å². The molecule has 1 N–H and O–H groups in total. The molecule has 0 saturated carbocycles. The number of benzene rings is 2. The molecule has 0 bridgehead atoms. The predicted octanol–water partition coefficient (Wildman–Crippen LogP) is 3.46. The molecule has 9 heteroatoms. The molecule has 0 radical (unpaired) electrons. The van der Waals surface area contributed by atoms with E-state index in [4.69, 9.17) is 4.98 Å². The van der Waals surface area contributed by atoms with E-state index in [2.05, 4.69) is 46.4 Å². The lowest BCUT2D eigenvalue weighted by atomic mass is 10.0. The van der Waals surface area contributed by atoms with Crippen molar-refractivity contribution in [1.82, 2.24) is 14.3 Å². The first-order chi connectivity index (χ1) is 16.6. The maximum atomic E-state index is 13.2. The number of amides is 1. The van der Waals surface area contributed by atoms with Gasteiger partial charge in [-0.2, -0.15) is 4.31 Å². The monoisotopic (exact) mass is 493 g/mol. The van der Waals surface area contributed by atoms with E-state index in [0.29, 0.717) is 37.7 Å². The van der Waals surface area contributed by atoms with Gasteiger partial charge < -0.3 is 10.2 Å². The van der Waals surface area contributed by atoms with Crippen LogP contribution in [0.15, 0.2) is 53.4 Å². The third-order valence-electron chi connectivity index (χ3n) is 6.16. The topological polar surface area (TPSA) is 95.5 Å². The Morgan fingerprint density at radius 1 is 0.914 bits per heavy atom. The molecule has 1 saturated heterocycles. The quantitative estimate of drug-likeness (QED) is 0.565. The standard InChI is InChI=1S/C26H31N5O3S/c1-18-5-7-22(8-6-18)17-25-19(2)27-20(3)28-26(25)30-13-15-31(16-14-30)35(33,34)24-11-9-23(10-12-24)29-21(4)32/h5-12H,13-17H2,1-4H3,(H,29,32). The van der Waals surface area contributed by atoms with Crippen LogP contribution in [-0.2, 0) is 21.2 Å². The van der Waals surface area contributed by atoms with Crippen molar-refractivity contribution in [1.29, 1.82) is 0 Å². The first-order valence-corrected chi connectivity index (χ1v) is 13.1. The molecule has 0 atom stereocenters. The molecule has 0 spiro atoms. The lowest BCUT2D eigenvalue weighted by Gasteiger charge is -2.36. The number of hydrogen-bond acceptors (Lipinski definition) is 6. The Kier molecular flexibility index (Phi) is 7.18. The third kappa shape index (κ3) is 5.68. The van der Waals surface area contributed by atoms with Gasteiger partial charge in [0.15, 0.2) is 0 Å². The number of piperazine rings is 1. The highest BCUT2D eigenvalue weighted by Crippen LogP contribution is 2.27. The summed E-state index contributed by atoms with van der Waals surface area (Å²) in [5.74, 6) is 1.39. The summed E-state index contributed by atoms with van der Waals surface area (Å²) in [4.78, 5) is 23.0. The maximum Gasteiger partial charge on any atom is 0.243 e. The number of aryl methyl sites for hydroxylation is 3. The fourth-order valence-corrected chi connectivity index (χ4v) is 5.72. The Labute approximate surface area is 207 Å². The number of anilines is 2. The van der Waals surface area contributed by atoms with Gasteiger partial charge in [-0.1, -0.05) is 29.8 Å². The molecule has 1 aromatic heterocycles. The van der Waals surface area contributed by atoms with Crippen LogP contribution in [0.3, 0.4) is 0 Å². The molecule has 1 fully saturated rings. The van der Waals surface area contributed by atoms with Crippen molar-refractivity contribution in [2.45, 2.75) is 39.0 Å². The number of sulfonamides is 1. The predicted molar refractivity (Wildman–Crippen MR) is 137 cm³/mol. The van der Waals surface area contributed by atoms with Crippen LogP contribution in [0, 0.1) is 20.8 Å². The van der Waals surface area contributed by atoms with Crippen molar-refractivity contribution in [3.05, 3.63) is 76.7 Å². The lowest BCUT2D eigenvalue weighted by Crippen LogP contribution is -2.49. The number of aromatic nitrogens is 2. The van der Waals surface area contributed by atoms with Crippen LogP contribution in [0.25, 0.3) is 0 Å². The highest BCUT2D eigenvalue weighted by Gasteiger charge is 2.30. The smallest absolute Gasteiger partial charge is 0.243 e. The molecule has 184 valence electrons. The average molecular weight is 494 g/mol. The van der Waals surface area contributed by atoms with Crippen LogP contribution in [0.2, 0.25) is 0 Å².